The zero-order chi connectivity index (χ0) is 17.6. The van der Waals surface area contributed by atoms with E-state index in [1.165, 1.54) is 0 Å². The van der Waals surface area contributed by atoms with E-state index < -0.39 is 6.04 Å². The van der Waals surface area contributed by atoms with Crippen molar-refractivity contribution in [3.8, 4) is 0 Å². The van der Waals surface area contributed by atoms with Gasteiger partial charge in [-0.3, -0.25) is 4.79 Å². The topological polar surface area (TPSA) is 93.4 Å². The van der Waals surface area contributed by atoms with Gasteiger partial charge in [-0.15, -0.1) is 0 Å². The van der Waals surface area contributed by atoms with Crippen LogP contribution in [-0.4, -0.2) is 53.1 Å². The van der Waals surface area contributed by atoms with Crippen molar-refractivity contribution in [3.05, 3.63) is 47.1 Å². The number of nitrogens with two attached hydrogens (primary N) is 1. The number of nitrogens with zero attached hydrogens (tertiary/aromatic N) is 3. The molecule has 3 rings (SSSR count). The van der Waals surface area contributed by atoms with Crippen LogP contribution in [0.2, 0.25) is 5.15 Å². The zero-order valence-electron chi connectivity index (χ0n) is 13.7. The minimum absolute atomic E-state index is 0.000425. The first-order valence-corrected chi connectivity index (χ1v) is 8.46. The molecule has 2 aromatic rings. The summed E-state index contributed by atoms with van der Waals surface area (Å²) in [6.07, 6.45) is 0.526. The first-order valence-electron chi connectivity index (χ1n) is 8.09. The third-order valence-corrected chi connectivity index (χ3v) is 4.13. The van der Waals surface area contributed by atoms with E-state index in [1.54, 1.807) is 11.0 Å². The molecule has 1 unspecified atom stereocenters. The Balaban J connectivity index is 1.81. The van der Waals surface area contributed by atoms with Crippen molar-refractivity contribution in [1.29, 1.82) is 0 Å². The second-order valence-electron chi connectivity index (χ2n) is 5.76. The Morgan fingerprint density at radius 3 is 2.68 bits per heavy atom. The van der Waals surface area contributed by atoms with Gasteiger partial charge in [-0.25, -0.2) is 4.98 Å². The highest BCUT2D eigenvalue weighted by Crippen LogP contribution is 2.16. The van der Waals surface area contributed by atoms with E-state index in [-0.39, 0.29) is 17.0 Å². The highest BCUT2D eigenvalue weighted by Gasteiger charge is 2.26. The van der Waals surface area contributed by atoms with E-state index in [2.05, 4.69) is 15.3 Å². The van der Waals surface area contributed by atoms with Crippen molar-refractivity contribution >= 4 is 29.3 Å². The number of anilines is 2. The minimum Gasteiger partial charge on any atom is -0.378 e. The van der Waals surface area contributed by atoms with Gasteiger partial charge in [0.2, 0.25) is 11.9 Å². The lowest BCUT2D eigenvalue weighted by atomic mass is 10.0. The molecule has 8 heteroatoms. The lowest BCUT2D eigenvalue weighted by Gasteiger charge is -2.31. The van der Waals surface area contributed by atoms with E-state index in [0.717, 1.165) is 5.56 Å². The number of hydrogen-bond acceptors (Lipinski definition) is 6. The minimum atomic E-state index is -0.481. The lowest BCUT2D eigenvalue weighted by molar-refractivity contribution is -0.136. The molecule has 1 amide bonds. The quantitative estimate of drug-likeness (QED) is 0.785. The molecule has 0 spiro atoms. The van der Waals surface area contributed by atoms with Crippen LogP contribution in [0.3, 0.4) is 0 Å². The molecule has 1 aromatic carbocycles. The van der Waals surface area contributed by atoms with Gasteiger partial charge in [0.25, 0.3) is 0 Å². The molecular weight excluding hydrogens is 342 g/mol. The number of nitrogens with one attached hydrogen (secondary N) is 1. The second-order valence-corrected chi connectivity index (χ2v) is 6.15. The van der Waals surface area contributed by atoms with Crippen LogP contribution in [0, 0.1) is 0 Å². The summed E-state index contributed by atoms with van der Waals surface area (Å²) in [6, 6.07) is 10.9. The predicted molar refractivity (Wildman–Crippen MR) is 96.4 cm³/mol. The number of hydrogen-bond donors (Lipinski definition) is 2. The van der Waals surface area contributed by atoms with E-state index >= 15 is 0 Å². The van der Waals surface area contributed by atoms with E-state index in [0.29, 0.717) is 38.5 Å². The molecule has 0 aliphatic carbocycles. The molecule has 1 fully saturated rings. The van der Waals surface area contributed by atoms with Crippen LogP contribution in [-0.2, 0) is 16.0 Å². The highest BCUT2D eigenvalue weighted by molar-refractivity contribution is 6.29. The van der Waals surface area contributed by atoms with Gasteiger partial charge in [0.15, 0.2) is 0 Å². The molecule has 132 valence electrons. The molecule has 1 aliphatic rings. The number of morpholine rings is 1. The monoisotopic (exact) mass is 361 g/mol. The van der Waals surface area contributed by atoms with Crippen molar-refractivity contribution in [1.82, 2.24) is 14.9 Å². The smallest absolute Gasteiger partial charge is 0.245 e. The maximum atomic E-state index is 13.0. The SMILES string of the molecule is Nc1nc(Cl)cc(NC(Cc2ccccc2)C(=O)N2CCOCC2)n1. The molecule has 0 radical (unpaired) electrons. The number of carbonyl (C=O) groups excluding carboxylic acids is 1. The van der Waals surface area contributed by atoms with Crippen molar-refractivity contribution in [2.24, 2.45) is 0 Å². The summed E-state index contributed by atoms with van der Waals surface area (Å²) in [6.45, 7) is 2.27. The Labute approximate surface area is 151 Å². The molecule has 1 aromatic heterocycles. The molecule has 3 N–H and O–H groups in total. The van der Waals surface area contributed by atoms with Crippen molar-refractivity contribution < 1.29 is 9.53 Å². The summed E-state index contributed by atoms with van der Waals surface area (Å²) in [7, 11) is 0. The Bertz CT molecular complexity index is 702. The van der Waals surface area contributed by atoms with Gasteiger partial charge in [0.05, 0.1) is 13.2 Å². The number of halogens is 1. The normalized spacial score (nSPS) is 15.6. The third kappa shape index (κ3) is 4.80. The van der Waals surface area contributed by atoms with Gasteiger partial charge in [0.1, 0.15) is 17.0 Å². The fourth-order valence-corrected chi connectivity index (χ4v) is 2.93. The third-order valence-electron chi connectivity index (χ3n) is 3.94. The Morgan fingerprint density at radius 1 is 1.28 bits per heavy atom. The number of rotatable bonds is 5. The zero-order valence-corrected chi connectivity index (χ0v) is 14.4. The number of benzene rings is 1. The Kier molecular flexibility index (Phi) is 5.67. The number of aromatic nitrogens is 2. The predicted octanol–water partition coefficient (Wildman–Crippen LogP) is 1.59. The fourth-order valence-electron chi connectivity index (χ4n) is 2.74. The molecule has 1 saturated heterocycles. The highest BCUT2D eigenvalue weighted by atomic mass is 35.5. The van der Waals surface area contributed by atoms with Crippen LogP contribution in [0.25, 0.3) is 0 Å². The number of amides is 1. The summed E-state index contributed by atoms with van der Waals surface area (Å²) in [5.74, 6) is 0.493. The van der Waals surface area contributed by atoms with Crippen LogP contribution in [0.5, 0.6) is 0 Å². The lowest BCUT2D eigenvalue weighted by Crippen LogP contribution is -2.48. The van der Waals surface area contributed by atoms with Crippen molar-refractivity contribution in [2.75, 3.05) is 37.4 Å². The van der Waals surface area contributed by atoms with Gasteiger partial charge in [0, 0.05) is 25.6 Å². The molecule has 7 nitrogen and oxygen atoms in total. The van der Waals surface area contributed by atoms with Crippen LogP contribution in [0.15, 0.2) is 36.4 Å². The Hall–Kier alpha value is -2.38. The second kappa shape index (κ2) is 8.13. The summed E-state index contributed by atoms with van der Waals surface area (Å²) >= 11 is 5.94. The van der Waals surface area contributed by atoms with Crippen LogP contribution in [0.1, 0.15) is 5.56 Å². The number of nitrogen functional groups attached to an aromatic ring is 1. The van der Waals surface area contributed by atoms with E-state index in [4.69, 9.17) is 22.1 Å². The average molecular weight is 362 g/mol. The maximum absolute atomic E-state index is 13.0. The van der Waals surface area contributed by atoms with Crippen molar-refractivity contribution in [2.45, 2.75) is 12.5 Å². The van der Waals surface area contributed by atoms with Gasteiger partial charge in [-0.05, 0) is 5.56 Å². The molecule has 0 saturated carbocycles. The molecule has 2 heterocycles. The fraction of sp³-hybridized carbons (Fsp3) is 0.353. The standard InChI is InChI=1S/C17H20ClN5O2/c18-14-11-15(22-17(19)21-14)20-13(10-12-4-2-1-3-5-12)16(24)23-6-8-25-9-7-23/h1-5,11,13H,6-10H2,(H3,19,20,21,22). The Morgan fingerprint density at radius 2 is 2.00 bits per heavy atom. The summed E-state index contributed by atoms with van der Waals surface area (Å²) in [5, 5.41) is 3.39. The summed E-state index contributed by atoms with van der Waals surface area (Å²) in [5.41, 5.74) is 6.70. The molecular formula is C17H20ClN5O2. The van der Waals surface area contributed by atoms with Gasteiger partial charge in [-0.2, -0.15) is 4.98 Å². The van der Waals surface area contributed by atoms with E-state index in [9.17, 15) is 4.79 Å². The summed E-state index contributed by atoms with van der Waals surface area (Å²) in [4.78, 5) is 22.7. The van der Waals surface area contributed by atoms with Crippen LogP contribution in [0.4, 0.5) is 11.8 Å². The molecule has 1 atom stereocenters. The van der Waals surface area contributed by atoms with Crippen LogP contribution < -0.4 is 11.1 Å². The molecule has 1 aliphatic heterocycles. The average Bonchev–Trinajstić information content (AvgIpc) is 2.61. The molecule has 25 heavy (non-hydrogen) atoms. The number of carbonyl (C=O) groups is 1. The van der Waals surface area contributed by atoms with Crippen molar-refractivity contribution in [3.63, 3.8) is 0 Å². The van der Waals surface area contributed by atoms with Gasteiger partial charge >= 0.3 is 0 Å². The first-order chi connectivity index (χ1) is 12.1. The maximum Gasteiger partial charge on any atom is 0.245 e. The summed E-state index contributed by atoms with van der Waals surface area (Å²) < 4.78 is 5.33. The largest absolute Gasteiger partial charge is 0.378 e. The first kappa shape index (κ1) is 17.4. The van der Waals surface area contributed by atoms with Gasteiger partial charge < -0.3 is 20.7 Å². The van der Waals surface area contributed by atoms with Gasteiger partial charge in [-0.1, -0.05) is 41.9 Å². The van der Waals surface area contributed by atoms with Crippen LogP contribution >= 0.6 is 11.6 Å². The number of ether oxygens (including phenoxy) is 1. The van der Waals surface area contributed by atoms with E-state index in [1.807, 2.05) is 30.3 Å². The molecule has 0 bridgehead atoms.